The topological polar surface area (TPSA) is 51.0 Å². The Morgan fingerprint density at radius 3 is 2.76 bits per heavy atom. The van der Waals surface area contributed by atoms with Crippen molar-refractivity contribution in [2.24, 2.45) is 0 Å². The first kappa shape index (κ1) is 13.6. The van der Waals surface area contributed by atoms with Gasteiger partial charge in [0, 0.05) is 17.5 Å². The molecule has 0 saturated carbocycles. The van der Waals surface area contributed by atoms with Gasteiger partial charge in [0.1, 0.15) is 23.4 Å². The van der Waals surface area contributed by atoms with E-state index >= 15 is 0 Å². The van der Waals surface area contributed by atoms with Crippen LogP contribution < -0.4 is 5.32 Å². The van der Waals surface area contributed by atoms with Crippen molar-refractivity contribution in [3.63, 3.8) is 0 Å². The fourth-order valence-corrected chi connectivity index (χ4v) is 2.56. The average Bonchev–Trinajstić information content (AvgIpc) is 2.90. The Morgan fingerprint density at radius 1 is 1.14 bits per heavy atom. The summed E-state index contributed by atoms with van der Waals surface area (Å²) in [6.45, 7) is 7.08. The molecule has 0 amide bonds. The summed E-state index contributed by atoms with van der Waals surface area (Å²) >= 11 is 0. The second-order valence-corrected chi connectivity index (χ2v) is 5.09. The summed E-state index contributed by atoms with van der Waals surface area (Å²) < 4.78 is 5.97. The van der Waals surface area contributed by atoms with E-state index in [-0.39, 0.29) is 0 Å². The first-order chi connectivity index (χ1) is 10.2. The predicted molar refractivity (Wildman–Crippen MR) is 85.5 cm³/mol. The van der Waals surface area contributed by atoms with Gasteiger partial charge < -0.3 is 9.73 Å². The van der Waals surface area contributed by atoms with Crippen molar-refractivity contribution in [2.45, 2.75) is 27.2 Å². The SMILES string of the molecule is CCNc1ncnc(-c2cc3cc(C)ccc3o2)c1CC. The highest BCUT2D eigenvalue weighted by molar-refractivity contribution is 5.83. The number of rotatable bonds is 4. The standard InChI is InChI=1S/C17H19N3O/c1-4-13-16(19-10-20-17(13)18-5-2)15-9-12-8-11(3)6-7-14(12)21-15/h6-10H,4-5H2,1-3H3,(H,18,19,20). The molecular formula is C17H19N3O. The largest absolute Gasteiger partial charge is 0.454 e. The fraction of sp³-hybridized carbons (Fsp3) is 0.294. The molecule has 0 aliphatic rings. The van der Waals surface area contributed by atoms with Gasteiger partial charge in [-0.2, -0.15) is 0 Å². The zero-order valence-corrected chi connectivity index (χ0v) is 12.6. The molecule has 0 bridgehead atoms. The molecule has 0 atom stereocenters. The molecule has 0 aliphatic carbocycles. The van der Waals surface area contributed by atoms with E-state index in [0.29, 0.717) is 0 Å². The number of hydrogen-bond donors (Lipinski definition) is 1. The zero-order chi connectivity index (χ0) is 14.8. The average molecular weight is 281 g/mol. The third-order valence-corrected chi connectivity index (χ3v) is 3.55. The Morgan fingerprint density at radius 2 is 2.00 bits per heavy atom. The molecule has 21 heavy (non-hydrogen) atoms. The van der Waals surface area contributed by atoms with Gasteiger partial charge in [0.15, 0.2) is 5.76 Å². The molecule has 3 rings (SSSR count). The van der Waals surface area contributed by atoms with Crippen LogP contribution in [0.25, 0.3) is 22.4 Å². The summed E-state index contributed by atoms with van der Waals surface area (Å²) in [6.07, 6.45) is 2.44. The van der Waals surface area contributed by atoms with E-state index in [1.807, 2.05) is 6.07 Å². The highest BCUT2D eigenvalue weighted by atomic mass is 16.3. The van der Waals surface area contributed by atoms with Crippen LogP contribution in [0.2, 0.25) is 0 Å². The number of benzene rings is 1. The van der Waals surface area contributed by atoms with Gasteiger partial charge in [0.05, 0.1) is 0 Å². The number of aromatic nitrogens is 2. The third-order valence-electron chi connectivity index (χ3n) is 3.55. The van der Waals surface area contributed by atoms with Gasteiger partial charge in [0.25, 0.3) is 0 Å². The lowest BCUT2D eigenvalue weighted by atomic mass is 10.1. The van der Waals surface area contributed by atoms with Crippen LogP contribution in [0, 0.1) is 6.92 Å². The van der Waals surface area contributed by atoms with E-state index in [9.17, 15) is 0 Å². The minimum absolute atomic E-state index is 0.800. The van der Waals surface area contributed by atoms with Crippen LogP contribution in [0.5, 0.6) is 0 Å². The molecule has 0 radical (unpaired) electrons. The third kappa shape index (κ3) is 2.49. The molecule has 0 unspecified atom stereocenters. The monoisotopic (exact) mass is 281 g/mol. The summed E-state index contributed by atoms with van der Waals surface area (Å²) in [5.41, 5.74) is 4.08. The molecule has 4 nitrogen and oxygen atoms in total. The van der Waals surface area contributed by atoms with Crippen molar-refractivity contribution in [3.05, 3.63) is 41.7 Å². The van der Waals surface area contributed by atoms with Crippen molar-refractivity contribution >= 4 is 16.8 Å². The molecule has 0 saturated heterocycles. The first-order valence-corrected chi connectivity index (χ1v) is 7.31. The second kappa shape index (κ2) is 5.56. The molecule has 2 heterocycles. The van der Waals surface area contributed by atoms with E-state index in [2.05, 4.69) is 54.3 Å². The first-order valence-electron chi connectivity index (χ1n) is 7.31. The number of nitrogens with zero attached hydrogens (tertiary/aromatic N) is 2. The van der Waals surface area contributed by atoms with E-state index < -0.39 is 0 Å². The molecule has 0 spiro atoms. The molecule has 0 aliphatic heterocycles. The van der Waals surface area contributed by atoms with Gasteiger partial charge in [-0.05, 0) is 38.5 Å². The van der Waals surface area contributed by atoms with Crippen LogP contribution in [0.15, 0.2) is 35.0 Å². The smallest absolute Gasteiger partial charge is 0.154 e. The number of anilines is 1. The fourth-order valence-electron chi connectivity index (χ4n) is 2.56. The van der Waals surface area contributed by atoms with E-state index in [1.54, 1.807) is 6.33 Å². The molecule has 3 aromatic rings. The Bertz CT molecular complexity index is 777. The van der Waals surface area contributed by atoms with Crippen molar-refractivity contribution in [1.82, 2.24) is 9.97 Å². The lowest BCUT2D eigenvalue weighted by molar-refractivity contribution is 0.627. The molecule has 2 aromatic heterocycles. The maximum Gasteiger partial charge on any atom is 0.154 e. The Labute approximate surface area is 124 Å². The van der Waals surface area contributed by atoms with Crippen LogP contribution in [0.1, 0.15) is 25.0 Å². The Kier molecular flexibility index (Phi) is 3.60. The summed E-state index contributed by atoms with van der Waals surface area (Å²) in [6, 6.07) is 8.24. The molecule has 4 heteroatoms. The Balaban J connectivity index is 2.15. The number of furan rings is 1. The molecule has 108 valence electrons. The number of hydrogen-bond acceptors (Lipinski definition) is 4. The quantitative estimate of drug-likeness (QED) is 0.779. The van der Waals surface area contributed by atoms with Crippen LogP contribution in [0.4, 0.5) is 5.82 Å². The maximum atomic E-state index is 5.97. The van der Waals surface area contributed by atoms with Crippen molar-refractivity contribution in [2.75, 3.05) is 11.9 Å². The minimum Gasteiger partial charge on any atom is -0.454 e. The van der Waals surface area contributed by atoms with Gasteiger partial charge in [-0.15, -0.1) is 0 Å². The summed E-state index contributed by atoms with van der Waals surface area (Å²) in [7, 11) is 0. The van der Waals surface area contributed by atoms with Crippen LogP contribution in [0.3, 0.4) is 0 Å². The molecule has 1 N–H and O–H groups in total. The summed E-state index contributed by atoms with van der Waals surface area (Å²) in [4.78, 5) is 8.77. The summed E-state index contributed by atoms with van der Waals surface area (Å²) in [5.74, 6) is 1.69. The van der Waals surface area contributed by atoms with Crippen LogP contribution in [-0.2, 0) is 6.42 Å². The van der Waals surface area contributed by atoms with Gasteiger partial charge in [-0.25, -0.2) is 9.97 Å². The van der Waals surface area contributed by atoms with Gasteiger partial charge >= 0.3 is 0 Å². The number of fused-ring (bicyclic) bond motifs is 1. The zero-order valence-electron chi connectivity index (χ0n) is 12.6. The van der Waals surface area contributed by atoms with Gasteiger partial charge in [-0.1, -0.05) is 18.6 Å². The Hall–Kier alpha value is -2.36. The van der Waals surface area contributed by atoms with E-state index in [1.165, 1.54) is 5.56 Å². The maximum absolute atomic E-state index is 5.97. The summed E-state index contributed by atoms with van der Waals surface area (Å²) in [5, 5.41) is 4.39. The minimum atomic E-state index is 0.800. The van der Waals surface area contributed by atoms with E-state index in [4.69, 9.17) is 4.42 Å². The second-order valence-electron chi connectivity index (χ2n) is 5.09. The number of nitrogens with one attached hydrogen (secondary N) is 1. The lowest BCUT2D eigenvalue weighted by Crippen LogP contribution is -2.05. The lowest BCUT2D eigenvalue weighted by Gasteiger charge is -2.10. The molecule has 0 fully saturated rings. The van der Waals surface area contributed by atoms with Crippen molar-refractivity contribution < 1.29 is 4.42 Å². The van der Waals surface area contributed by atoms with Crippen LogP contribution >= 0.6 is 0 Å². The van der Waals surface area contributed by atoms with Gasteiger partial charge in [0.2, 0.25) is 0 Å². The van der Waals surface area contributed by atoms with E-state index in [0.717, 1.165) is 46.8 Å². The highest BCUT2D eigenvalue weighted by Crippen LogP contribution is 2.31. The number of aryl methyl sites for hydroxylation is 1. The van der Waals surface area contributed by atoms with Gasteiger partial charge in [-0.3, -0.25) is 0 Å². The molecular weight excluding hydrogens is 262 g/mol. The van der Waals surface area contributed by atoms with Crippen molar-refractivity contribution in [1.29, 1.82) is 0 Å². The molecule has 1 aromatic carbocycles. The predicted octanol–water partition coefficient (Wildman–Crippen LogP) is 4.19. The van der Waals surface area contributed by atoms with Crippen LogP contribution in [-0.4, -0.2) is 16.5 Å². The highest BCUT2D eigenvalue weighted by Gasteiger charge is 2.15. The normalized spacial score (nSPS) is 11.0. The van der Waals surface area contributed by atoms with Crippen molar-refractivity contribution in [3.8, 4) is 11.5 Å².